The topological polar surface area (TPSA) is 24.7 Å². The van der Waals surface area contributed by atoms with Gasteiger partial charge in [-0.2, -0.15) is 11.8 Å². The summed E-state index contributed by atoms with van der Waals surface area (Å²) in [7, 11) is 0. The van der Waals surface area contributed by atoms with Gasteiger partial charge in [-0.1, -0.05) is 64.6 Å². The summed E-state index contributed by atoms with van der Waals surface area (Å²) in [6.07, 6.45) is 15.7. The summed E-state index contributed by atoms with van der Waals surface area (Å²) in [6, 6.07) is 16.8. The molecule has 0 bridgehead atoms. The molecule has 2 aliphatic carbocycles. The second-order valence-electron chi connectivity index (χ2n) is 7.82. The van der Waals surface area contributed by atoms with Gasteiger partial charge in [-0.15, -0.1) is 24.3 Å². The van der Waals surface area contributed by atoms with E-state index in [9.17, 15) is 0 Å². The first-order valence-corrected chi connectivity index (χ1v) is 13.1. The fraction of sp³-hybridized carbons (Fsp3) is 0.133. The van der Waals surface area contributed by atoms with Crippen LogP contribution in [-0.2, 0) is 66.7 Å². The molecule has 0 amide bonds. The number of aryl methyl sites for hydroxylation is 2. The standard InChI is InChI=1S/C30H26N2S2.2ClH.2Hg/c1-23-11-15-25(16-12-23)21-31-27-7-3-5-9-29(27)33-19-20-34-30-10-6-4-8-28(30)32-22-26-17-13-24(2)14-18-26;;;;/h3-4,7-18,21-22H,19-20H2,1-2H3;2*1H;;/q;;;2*+1/p-2. The van der Waals surface area contributed by atoms with Gasteiger partial charge in [-0.25, -0.2) is 0 Å². The third kappa shape index (κ3) is 12.1. The molecule has 2 aromatic carbocycles. The van der Waals surface area contributed by atoms with Crippen LogP contribution in [0.3, 0.4) is 0 Å². The van der Waals surface area contributed by atoms with Crippen LogP contribution in [-0.4, -0.2) is 28.8 Å². The molecule has 186 valence electrons. The van der Waals surface area contributed by atoms with Gasteiger partial charge in [-0.3, -0.25) is 15.7 Å². The van der Waals surface area contributed by atoms with Crippen molar-refractivity contribution < 1.29 is 80.2 Å². The van der Waals surface area contributed by atoms with Crippen molar-refractivity contribution in [2.45, 2.75) is 13.8 Å². The van der Waals surface area contributed by atoms with Crippen LogP contribution < -0.4 is 24.8 Å². The quantitative estimate of drug-likeness (QED) is 0.0725. The van der Waals surface area contributed by atoms with Gasteiger partial charge in [0.2, 0.25) is 0 Å². The van der Waals surface area contributed by atoms with Crippen LogP contribution in [0.1, 0.15) is 22.3 Å². The molecule has 38 heavy (non-hydrogen) atoms. The van der Waals surface area contributed by atoms with E-state index >= 15 is 0 Å². The van der Waals surface area contributed by atoms with Crippen molar-refractivity contribution in [3.63, 3.8) is 0 Å². The van der Waals surface area contributed by atoms with Crippen molar-refractivity contribution in [1.82, 2.24) is 0 Å². The number of nitrogens with zero attached hydrogens (tertiary/aromatic N) is 2. The van der Waals surface area contributed by atoms with Gasteiger partial charge in [-0.05, 0) is 42.8 Å². The number of halogens is 2. The summed E-state index contributed by atoms with van der Waals surface area (Å²) in [5, 5.41) is 0. The van der Waals surface area contributed by atoms with Crippen LogP contribution in [0, 0.1) is 20.3 Å². The van der Waals surface area contributed by atoms with Crippen LogP contribution in [0.15, 0.2) is 117 Å². The van der Waals surface area contributed by atoms with Gasteiger partial charge in [0, 0.05) is 24.3 Å². The Hall–Kier alpha value is -0.940. The van der Waals surface area contributed by atoms with E-state index in [1.165, 1.54) is 11.1 Å². The maximum atomic E-state index is 4.72. The first kappa shape index (κ1) is 37.1. The second kappa shape index (κ2) is 20.0. The van der Waals surface area contributed by atoms with Crippen LogP contribution in [0.25, 0.3) is 0 Å². The van der Waals surface area contributed by atoms with Gasteiger partial charge in [0.1, 0.15) is 5.70 Å². The predicted octanol–water partition coefficient (Wildman–Crippen LogP) is 0.582. The van der Waals surface area contributed by atoms with E-state index in [2.05, 4.69) is 73.8 Å². The molecule has 0 N–H and O–H groups in total. The van der Waals surface area contributed by atoms with E-state index in [0.717, 1.165) is 43.8 Å². The van der Waals surface area contributed by atoms with E-state index in [-0.39, 0.29) is 80.2 Å². The second-order valence-corrected chi connectivity index (χ2v) is 10.1. The first-order valence-electron chi connectivity index (χ1n) is 11.1. The van der Waals surface area contributed by atoms with Crippen molar-refractivity contribution in [2.24, 2.45) is 9.98 Å². The summed E-state index contributed by atoms with van der Waals surface area (Å²) >= 11 is 3.61. The number of benzene rings is 2. The fourth-order valence-corrected chi connectivity index (χ4v) is 5.10. The number of allylic oxidation sites excluding steroid dienone is 4. The van der Waals surface area contributed by atoms with E-state index in [1.807, 2.05) is 49.2 Å². The number of aliphatic imine (C=N–C) groups is 2. The Morgan fingerprint density at radius 1 is 0.842 bits per heavy atom. The third-order valence-corrected chi connectivity index (χ3v) is 7.42. The molecule has 4 rings (SSSR count). The van der Waals surface area contributed by atoms with E-state index in [0.29, 0.717) is 0 Å². The Morgan fingerprint density at radius 3 is 2.08 bits per heavy atom. The van der Waals surface area contributed by atoms with Crippen molar-refractivity contribution in [1.29, 1.82) is 0 Å². The van der Waals surface area contributed by atoms with Gasteiger partial charge < -0.3 is 24.8 Å². The monoisotopic (exact) mass is 952 g/mol. The van der Waals surface area contributed by atoms with Crippen molar-refractivity contribution >= 4 is 40.4 Å². The number of hydrogen-bond donors (Lipinski definition) is 0. The molecule has 2 aromatic rings. The molecule has 2 radical (unpaired) electrons. The van der Waals surface area contributed by atoms with Crippen LogP contribution >= 0.6 is 11.8 Å². The number of hydrogen-bond acceptors (Lipinski definition) is 3. The minimum Gasteiger partial charge on any atom is -1.00 e. The maximum absolute atomic E-state index is 4.72. The number of thioether (sulfide) groups is 1. The molecular formula is C30H26Cl2Hg2N2S2. The Bertz CT molecular complexity index is 1330. The van der Waals surface area contributed by atoms with Crippen LogP contribution in [0.5, 0.6) is 0 Å². The van der Waals surface area contributed by atoms with Gasteiger partial charge >= 0.3 is 55.3 Å². The largest absolute Gasteiger partial charge is 1.00 e. The molecule has 0 unspecified atom stereocenters. The molecule has 0 atom stereocenters. The number of rotatable bonds is 8. The summed E-state index contributed by atoms with van der Waals surface area (Å²) in [6.45, 7) is 4.18. The molecule has 2 nitrogen and oxygen atoms in total. The molecule has 0 heterocycles. The zero-order valence-corrected chi connectivity index (χ0v) is 35.7. The van der Waals surface area contributed by atoms with Crippen molar-refractivity contribution in [3.8, 4) is 0 Å². The molecular weight excluding hydrogens is 925 g/mol. The van der Waals surface area contributed by atoms with Gasteiger partial charge in [0.05, 0.1) is 0 Å². The maximum Gasteiger partial charge on any atom is 1.00 e. The average Bonchev–Trinajstić information content (AvgIpc) is 2.87. The molecule has 2 aliphatic rings. The zero-order chi connectivity index (χ0) is 23.6. The smallest absolute Gasteiger partial charge is 1.00 e. The predicted molar refractivity (Wildman–Crippen MR) is 152 cm³/mol. The Kier molecular flexibility index (Phi) is 19.5. The Balaban J connectivity index is 0.00000342. The Labute approximate surface area is 288 Å². The van der Waals surface area contributed by atoms with Crippen LogP contribution in [0.2, 0.25) is 0 Å². The summed E-state index contributed by atoms with van der Waals surface area (Å²) < 4.78 is 0. The van der Waals surface area contributed by atoms with E-state index < -0.39 is 0 Å². The SMILES string of the molecule is Cc1ccc(C=NC2=CC=C=CC2=[S+]CCSC2=C(N=Cc3ccc(C)cc3)[CH-]C=C=C2)cc1.[Cl-].[Cl-].[Hg+].[Hg+]. The van der Waals surface area contributed by atoms with Crippen molar-refractivity contribution in [2.75, 3.05) is 11.5 Å². The molecule has 0 saturated carbocycles. The summed E-state index contributed by atoms with van der Waals surface area (Å²) in [5.74, 6) is 1.93. The zero-order valence-electron chi connectivity index (χ0n) is 21.5. The van der Waals surface area contributed by atoms with Gasteiger partial charge in [0.15, 0.2) is 17.1 Å². The summed E-state index contributed by atoms with van der Waals surface area (Å²) in [4.78, 5) is 11.7. The minimum atomic E-state index is 0. The summed E-state index contributed by atoms with van der Waals surface area (Å²) in [5.41, 5.74) is 13.0. The van der Waals surface area contributed by atoms with Gasteiger partial charge in [0.25, 0.3) is 4.86 Å². The van der Waals surface area contributed by atoms with Crippen molar-refractivity contribution in [3.05, 3.63) is 135 Å². The fourth-order valence-electron chi connectivity index (χ4n) is 3.15. The molecule has 0 aliphatic heterocycles. The van der Waals surface area contributed by atoms with Crippen LogP contribution in [0.4, 0.5) is 0 Å². The molecule has 8 heteroatoms. The molecule has 0 saturated heterocycles. The molecule has 0 spiro atoms. The van der Waals surface area contributed by atoms with E-state index in [1.54, 1.807) is 23.1 Å². The first-order chi connectivity index (χ1) is 16.7. The minimum absolute atomic E-state index is 0. The molecule has 0 fully saturated rings. The average molecular weight is 951 g/mol. The Morgan fingerprint density at radius 2 is 1.45 bits per heavy atom. The molecule has 0 aromatic heterocycles. The normalized spacial score (nSPS) is 14.5. The van der Waals surface area contributed by atoms with E-state index in [4.69, 9.17) is 9.98 Å². The third-order valence-electron chi connectivity index (χ3n) is 5.07.